The first kappa shape index (κ1) is 16.5. The Hall–Kier alpha value is -1.87. The van der Waals surface area contributed by atoms with Crippen LogP contribution in [0.15, 0.2) is 24.3 Å². The van der Waals surface area contributed by atoms with Crippen molar-refractivity contribution in [3.63, 3.8) is 0 Å². The zero-order chi connectivity index (χ0) is 16.2. The maximum Gasteiger partial charge on any atom is 0.416 e. The van der Waals surface area contributed by atoms with Gasteiger partial charge in [0.05, 0.1) is 5.56 Å². The Labute approximate surface area is 128 Å². The number of nitrogens with one attached hydrogen (secondary N) is 1. The van der Waals surface area contributed by atoms with E-state index >= 15 is 0 Å². The smallest absolute Gasteiger partial charge is 0.416 e. The van der Waals surface area contributed by atoms with E-state index in [2.05, 4.69) is 14.7 Å². The molecule has 2 rings (SSSR count). The molecular formula is C13H14F3N3O2S. The fraction of sp³-hybridized carbons (Fsp3) is 0.385. The zero-order valence-electron chi connectivity index (χ0n) is 11.6. The van der Waals surface area contributed by atoms with Crippen LogP contribution in [0.4, 0.5) is 18.3 Å². The summed E-state index contributed by atoms with van der Waals surface area (Å²) in [5.74, 6) is 0.683. The van der Waals surface area contributed by atoms with Crippen LogP contribution < -0.4 is 10.1 Å². The number of alkyl halides is 3. The van der Waals surface area contributed by atoms with Crippen LogP contribution in [0.5, 0.6) is 5.75 Å². The van der Waals surface area contributed by atoms with Crippen molar-refractivity contribution in [3.8, 4) is 5.75 Å². The highest BCUT2D eigenvalue weighted by atomic mass is 32.1. The van der Waals surface area contributed by atoms with Gasteiger partial charge in [0, 0.05) is 18.1 Å². The third-order valence-corrected chi connectivity index (χ3v) is 3.38. The van der Waals surface area contributed by atoms with Crippen LogP contribution in [0.1, 0.15) is 11.4 Å². The van der Waals surface area contributed by atoms with Gasteiger partial charge in [0.15, 0.2) is 0 Å². The van der Waals surface area contributed by atoms with Gasteiger partial charge in [0.25, 0.3) is 0 Å². The Balaban J connectivity index is 1.82. The summed E-state index contributed by atoms with van der Waals surface area (Å²) < 4.78 is 46.8. The SMILES string of the molecule is Cc1nsc(NCC(O)COc2cccc(C(F)(F)F)c2)n1. The third-order valence-electron chi connectivity index (χ3n) is 2.62. The lowest BCUT2D eigenvalue weighted by Crippen LogP contribution is -2.26. The molecule has 120 valence electrons. The summed E-state index contributed by atoms with van der Waals surface area (Å²) in [6, 6.07) is 4.52. The highest BCUT2D eigenvalue weighted by Gasteiger charge is 2.30. The molecule has 0 bridgehead atoms. The molecule has 0 saturated heterocycles. The minimum Gasteiger partial charge on any atom is -0.491 e. The topological polar surface area (TPSA) is 67.3 Å². The van der Waals surface area contributed by atoms with E-state index in [9.17, 15) is 18.3 Å². The molecule has 2 aromatic rings. The Bertz CT molecular complexity index is 619. The first-order valence-electron chi connectivity index (χ1n) is 6.37. The van der Waals surface area contributed by atoms with E-state index in [0.717, 1.165) is 23.7 Å². The van der Waals surface area contributed by atoms with Crippen LogP contribution in [-0.4, -0.2) is 33.7 Å². The van der Waals surface area contributed by atoms with E-state index in [-0.39, 0.29) is 18.9 Å². The van der Waals surface area contributed by atoms with Crippen LogP contribution in [0.2, 0.25) is 0 Å². The minimum absolute atomic E-state index is 0.0561. The molecule has 9 heteroatoms. The van der Waals surface area contributed by atoms with Crippen molar-refractivity contribution < 1.29 is 23.0 Å². The maximum atomic E-state index is 12.6. The second-order valence-corrected chi connectivity index (χ2v) is 5.27. The van der Waals surface area contributed by atoms with Gasteiger partial charge < -0.3 is 15.2 Å². The van der Waals surface area contributed by atoms with Crippen LogP contribution >= 0.6 is 11.5 Å². The summed E-state index contributed by atoms with van der Waals surface area (Å²) >= 11 is 1.16. The number of ether oxygens (including phenoxy) is 1. The van der Waals surface area contributed by atoms with Crippen molar-refractivity contribution in [2.45, 2.75) is 19.2 Å². The number of hydrogen-bond donors (Lipinski definition) is 2. The van der Waals surface area contributed by atoms with Gasteiger partial charge in [0.2, 0.25) is 5.13 Å². The fourth-order valence-electron chi connectivity index (χ4n) is 1.59. The number of aliphatic hydroxyl groups is 1. The Morgan fingerprint density at radius 3 is 2.82 bits per heavy atom. The van der Waals surface area contributed by atoms with Crippen molar-refractivity contribution in [1.82, 2.24) is 9.36 Å². The van der Waals surface area contributed by atoms with Crippen molar-refractivity contribution >= 4 is 16.7 Å². The van der Waals surface area contributed by atoms with E-state index in [4.69, 9.17) is 4.74 Å². The first-order valence-corrected chi connectivity index (χ1v) is 7.14. The molecule has 0 radical (unpaired) electrons. The highest BCUT2D eigenvalue weighted by molar-refractivity contribution is 7.09. The molecular weight excluding hydrogens is 319 g/mol. The number of aliphatic hydroxyl groups excluding tert-OH is 1. The van der Waals surface area contributed by atoms with E-state index in [1.54, 1.807) is 6.92 Å². The minimum atomic E-state index is -4.42. The molecule has 1 aromatic heterocycles. The monoisotopic (exact) mass is 333 g/mol. The standard InChI is InChI=1S/C13H14F3N3O2S/c1-8-18-12(22-19-8)17-6-10(20)7-21-11-4-2-3-9(5-11)13(14,15)16/h2-5,10,20H,6-7H2,1H3,(H,17,18,19). The molecule has 0 saturated carbocycles. The number of nitrogens with zero attached hydrogens (tertiary/aromatic N) is 2. The molecule has 0 amide bonds. The van der Waals surface area contributed by atoms with Gasteiger partial charge in [-0.05, 0) is 25.1 Å². The largest absolute Gasteiger partial charge is 0.491 e. The number of hydrogen-bond acceptors (Lipinski definition) is 6. The van der Waals surface area contributed by atoms with Gasteiger partial charge in [-0.25, -0.2) is 4.98 Å². The molecule has 2 N–H and O–H groups in total. The summed E-state index contributed by atoms with van der Waals surface area (Å²) in [6.07, 6.45) is -5.31. The van der Waals surface area contributed by atoms with E-state index in [1.807, 2.05) is 0 Å². The van der Waals surface area contributed by atoms with Crippen LogP contribution in [0.3, 0.4) is 0 Å². The molecule has 1 unspecified atom stereocenters. The maximum absolute atomic E-state index is 12.6. The van der Waals surface area contributed by atoms with Crippen LogP contribution in [0.25, 0.3) is 0 Å². The molecule has 1 aromatic carbocycles. The Morgan fingerprint density at radius 1 is 1.41 bits per heavy atom. The molecule has 0 fully saturated rings. The summed E-state index contributed by atoms with van der Waals surface area (Å²) in [7, 11) is 0. The summed E-state index contributed by atoms with van der Waals surface area (Å²) in [6.45, 7) is 1.77. The van der Waals surface area contributed by atoms with Gasteiger partial charge in [-0.1, -0.05) is 6.07 Å². The van der Waals surface area contributed by atoms with Gasteiger partial charge in [-0.15, -0.1) is 0 Å². The average Bonchev–Trinajstić information content (AvgIpc) is 2.88. The van der Waals surface area contributed by atoms with Crippen LogP contribution in [0, 0.1) is 6.92 Å². The Kier molecular flexibility index (Phi) is 5.19. The Morgan fingerprint density at radius 2 is 2.18 bits per heavy atom. The van der Waals surface area contributed by atoms with Crippen molar-refractivity contribution in [2.24, 2.45) is 0 Å². The molecule has 0 aliphatic carbocycles. The summed E-state index contributed by atoms with van der Waals surface area (Å²) in [5, 5.41) is 13.2. The average molecular weight is 333 g/mol. The highest BCUT2D eigenvalue weighted by Crippen LogP contribution is 2.31. The van der Waals surface area contributed by atoms with Gasteiger partial charge in [-0.2, -0.15) is 17.5 Å². The van der Waals surface area contributed by atoms with E-state index < -0.39 is 17.8 Å². The molecule has 0 aliphatic heterocycles. The van der Waals surface area contributed by atoms with Crippen molar-refractivity contribution in [3.05, 3.63) is 35.7 Å². The van der Waals surface area contributed by atoms with E-state index in [1.165, 1.54) is 12.1 Å². The number of rotatable bonds is 6. The third kappa shape index (κ3) is 4.85. The second-order valence-electron chi connectivity index (χ2n) is 4.52. The summed E-state index contributed by atoms with van der Waals surface area (Å²) in [4.78, 5) is 4.06. The van der Waals surface area contributed by atoms with Gasteiger partial charge in [-0.3, -0.25) is 0 Å². The van der Waals surface area contributed by atoms with Crippen LogP contribution in [-0.2, 0) is 6.18 Å². The van der Waals surface area contributed by atoms with Crippen molar-refractivity contribution in [2.75, 3.05) is 18.5 Å². The normalized spacial score (nSPS) is 13.0. The zero-order valence-corrected chi connectivity index (χ0v) is 12.4. The molecule has 5 nitrogen and oxygen atoms in total. The quantitative estimate of drug-likeness (QED) is 0.851. The van der Waals surface area contributed by atoms with Crippen molar-refractivity contribution in [1.29, 1.82) is 0 Å². The van der Waals surface area contributed by atoms with Gasteiger partial charge >= 0.3 is 6.18 Å². The molecule has 1 atom stereocenters. The number of aromatic nitrogens is 2. The van der Waals surface area contributed by atoms with E-state index in [0.29, 0.717) is 11.0 Å². The summed E-state index contributed by atoms with van der Waals surface area (Å²) in [5.41, 5.74) is -0.790. The lowest BCUT2D eigenvalue weighted by Gasteiger charge is -2.14. The molecule has 1 heterocycles. The lowest BCUT2D eigenvalue weighted by atomic mass is 10.2. The second kappa shape index (κ2) is 6.93. The number of halogens is 3. The molecule has 0 aliphatic rings. The number of aryl methyl sites for hydroxylation is 1. The first-order chi connectivity index (χ1) is 10.3. The predicted octanol–water partition coefficient (Wildman–Crippen LogP) is 2.72. The molecule has 0 spiro atoms. The van der Waals surface area contributed by atoms with Gasteiger partial charge in [0.1, 0.15) is 24.3 Å². The number of benzene rings is 1. The number of anilines is 1. The molecule has 22 heavy (non-hydrogen) atoms. The fourth-order valence-corrected chi connectivity index (χ4v) is 2.17. The predicted molar refractivity (Wildman–Crippen MR) is 76.1 cm³/mol. The lowest BCUT2D eigenvalue weighted by molar-refractivity contribution is -0.137.